The Hall–Kier alpha value is -0.573. The van der Waals surface area contributed by atoms with Gasteiger partial charge in [-0.3, -0.25) is 0 Å². The molecule has 0 amide bonds. The lowest BCUT2D eigenvalue weighted by molar-refractivity contribution is -0.117. The van der Waals surface area contributed by atoms with Gasteiger partial charge in [-0.1, -0.05) is 48.5 Å². The van der Waals surface area contributed by atoms with E-state index >= 15 is 0 Å². The Kier molecular flexibility index (Phi) is 6.91. The summed E-state index contributed by atoms with van der Waals surface area (Å²) in [5.74, 6) is 2.41. The Bertz CT molecular complexity index is 388. The van der Waals surface area contributed by atoms with E-state index < -0.39 is 8.32 Å². The normalized spacial score (nSPS) is 23.1. The second-order valence-electron chi connectivity index (χ2n) is 8.14. The largest absolute Gasteiger partial charge is 0.546 e. The molecule has 0 bridgehead atoms. The highest BCUT2D eigenvalue weighted by atomic mass is 28.4. The molecule has 0 heterocycles. The molecular formula is C19H36O2Si. The van der Waals surface area contributed by atoms with Crippen molar-refractivity contribution >= 4 is 14.1 Å². The molecule has 0 unspecified atom stereocenters. The summed E-state index contributed by atoms with van der Waals surface area (Å²) in [4.78, 5) is 11.5. The fourth-order valence-electron chi connectivity index (χ4n) is 4.33. The van der Waals surface area contributed by atoms with Gasteiger partial charge in [-0.2, -0.15) is 0 Å². The predicted molar refractivity (Wildman–Crippen MR) is 97.4 cm³/mol. The molecule has 0 aliphatic heterocycles. The molecule has 0 spiro atoms. The summed E-state index contributed by atoms with van der Waals surface area (Å²) in [6, 6.07) is 0. The average Bonchev–Trinajstić information content (AvgIpc) is 2.37. The van der Waals surface area contributed by atoms with Crippen molar-refractivity contribution in [1.82, 2.24) is 0 Å². The monoisotopic (exact) mass is 324 g/mol. The van der Waals surface area contributed by atoms with Gasteiger partial charge in [0, 0.05) is 12.8 Å². The van der Waals surface area contributed by atoms with Crippen LogP contribution in [0.15, 0.2) is 11.8 Å². The molecule has 0 saturated heterocycles. The van der Waals surface area contributed by atoms with Crippen LogP contribution in [0, 0.1) is 11.8 Å². The van der Waals surface area contributed by atoms with Crippen LogP contribution in [-0.2, 0) is 9.22 Å². The summed E-state index contributed by atoms with van der Waals surface area (Å²) >= 11 is 0. The standard InChI is InChI=1S/C19H36O2Si/c1-13(2)22(14(3)4,15(5)6)21-19-10-9-16(7)18(12-19)11-17(8)20/h12-16,18H,9-11H2,1-8H3/t16-,18-/m0/s1. The number of carbonyl (C=O) groups excluding carboxylic acids is 1. The third kappa shape index (κ3) is 4.24. The molecule has 1 aliphatic carbocycles. The van der Waals surface area contributed by atoms with E-state index in [2.05, 4.69) is 54.5 Å². The van der Waals surface area contributed by atoms with Gasteiger partial charge in [0.05, 0.1) is 5.76 Å². The van der Waals surface area contributed by atoms with Crippen molar-refractivity contribution in [3.8, 4) is 0 Å². The molecule has 1 rings (SSSR count). The lowest BCUT2D eigenvalue weighted by Gasteiger charge is -2.44. The van der Waals surface area contributed by atoms with E-state index in [4.69, 9.17) is 4.43 Å². The smallest absolute Gasteiger partial charge is 0.258 e. The molecule has 0 aromatic carbocycles. The van der Waals surface area contributed by atoms with Crippen molar-refractivity contribution in [1.29, 1.82) is 0 Å². The molecule has 2 atom stereocenters. The predicted octanol–water partition coefficient (Wildman–Crippen LogP) is 6.09. The summed E-state index contributed by atoms with van der Waals surface area (Å²) in [5.41, 5.74) is 1.79. The van der Waals surface area contributed by atoms with E-state index in [1.165, 1.54) is 5.76 Å². The molecule has 22 heavy (non-hydrogen) atoms. The Morgan fingerprint density at radius 3 is 2.09 bits per heavy atom. The van der Waals surface area contributed by atoms with Crippen LogP contribution in [0.5, 0.6) is 0 Å². The van der Waals surface area contributed by atoms with Crippen LogP contribution in [0.2, 0.25) is 16.6 Å². The van der Waals surface area contributed by atoms with Gasteiger partial charge in [0.2, 0.25) is 0 Å². The second kappa shape index (κ2) is 7.81. The summed E-state index contributed by atoms with van der Waals surface area (Å²) in [6.07, 6.45) is 5.12. The zero-order valence-corrected chi connectivity index (χ0v) is 16.9. The van der Waals surface area contributed by atoms with E-state index in [0.29, 0.717) is 34.9 Å². The number of carbonyl (C=O) groups is 1. The van der Waals surface area contributed by atoms with Crippen LogP contribution >= 0.6 is 0 Å². The molecule has 3 heteroatoms. The zero-order chi connectivity index (χ0) is 17.1. The van der Waals surface area contributed by atoms with Gasteiger partial charge < -0.3 is 9.22 Å². The molecule has 0 radical (unpaired) electrons. The Labute approximate surface area is 138 Å². The van der Waals surface area contributed by atoms with Crippen molar-refractivity contribution in [3.63, 3.8) is 0 Å². The summed E-state index contributed by atoms with van der Waals surface area (Å²) in [7, 11) is -1.86. The van der Waals surface area contributed by atoms with Gasteiger partial charge in [0.25, 0.3) is 8.32 Å². The van der Waals surface area contributed by atoms with Crippen LogP contribution in [0.1, 0.15) is 74.7 Å². The van der Waals surface area contributed by atoms with Gasteiger partial charge in [-0.25, -0.2) is 0 Å². The fourth-order valence-corrected chi connectivity index (χ4v) is 9.66. The summed E-state index contributed by atoms with van der Waals surface area (Å²) < 4.78 is 6.81. The summed E-state index contributed by atoms with van der Waals surface area (Å²) in [5, 5.41) is 0. The molecular weight excluding hydrogens is 288 g/mol. The van der Waals surface area contributed by atoms with Crippen molar-refractivity contribution in [2.24, 2.45) is 11.8 Å². The maximum Gasteiger partial charge on any atom is 0.258 e. The minimum atomic E-state index is -1.86. The van der Waals surface area contributed by atoms with E-state index in [1.807, 2.05) is 0 Å². The molecule has 0 N–H and O–H groups in total. The molecule has 0 aromatic rings. The van der Waals surface area contributed by atoms with Gasteiger partial charge >= 0.3 is 0 Å². The van der Waals surface area contributed by atoms with E-state index in [-0.39, 0.29) is 5.78 Å². The molecule has 1 aliphatic rings. The van der Waals surface area contributed by atoms with Crippen molar-refractivity contribution in [2.75, 3.05) is 0 Å². The fraction of sp³-hybridized carbons (Fsp3) is 0.842. The van der Waals surface area contributed by atoms with Crippen LogP contribution in [0.25, 0.3) is 0 Å². The van der Waals surface area contributed by atoms with Crippen molar-refractivity contribution in [2.45, 2.75) is 91.3 Å². The van der Waals surface area contributed by atoms with Crippen LogP contribution in [0.4, 0.5) is 0 Å². The summed E-state index contributed by atoms with van der Waals surface area (Å²) in [6.45, 7) is 17.9. The Balaban J connectivity index is 3.05. The van der Waals surface area contributed by atoms with Crippen LogP contribution < -0.4 is 0 Å². The molecule has 128 valence electrons. The molecule has 0 saturated carbocycles. The number of allylic oxidation sites excluding steroid dienone is 2. The van der Waals surface area contributed by atoms with E-state index in [1.54, 1.807) is 6.92 Å². The number of hydrogen-bond acceptors (Lipinski definition) is 2. The maximum atomic E-state index is 11.5. The highest BCUT2D eigenvalue weighted by molar-refractivity contribution is 6.77. The first-order valence-electron chi connectivity index (χ1n) is 9.00. The van der Waals surface area contributed by atoms with Gasteiger partial charge in [-0.05, 0) is 47.9 Å². The molecule has 0 fully saturated rings. The lowest BCUT2D eigenvalue weighted by Crippen LogP contribution is -2.47. The quantitative estimate of drug-likeness (QED) is 0.530. The molecule has 0 aromatic heterocycles. The topological polar surface area (TPSA) is 26.3 Å². The minimum Gasteiger partial charge on any atom is -0.546 e. The zero-order valence-electron chi connectivity index (χ0n) is 15.9. The Morgan fingerprint density at radius 1 is 1.18 bits per heavy atom. The minimum absolute atomic E-state index is 0.287. The van der Waals surface area contributed by atoms with Gasteiger partial charge in [0.1, 0.15) is 5.78 Å². The first-order valence-corrected chi connectivity index (χ1v) is 11.1. The second-order valence-corrected chi connectivity index (χ2v) is 13.5. The highest BCUT2D eigenvalue weighted by Crippen LogP contribution is 2.45. The number of ketones is 1. The number of Topliss-reactive ketones (excluding diaryl/α,β-unsaturated/α-hetero) is 1. The van der Waals surface area contributed by atoms with Crippen LogP contribution in [0.3, 0.4) is 0 Å². The Morgan fingerprint density at radius 2 is 1.68 bits per heavy atom. The SMILES string of the molecule is CC(=O)C[C@H]1C=C(O[Si](C(C)C)(C(C)C)C(C)C)CC[C@@H]1C. The van der Waals surface area contributed by atoms with E-state index in [9.17, 15) is 4.79 Å². The molecule has 2 nitrogen and oxygen atoms in total. The van der Waals surface area contributed by atoms with E-state index in [0.717, 1.165) is 12.8 Å². The maximum absolute atomic E-state index is 11.5. The first kappa shape index (κ1) is 19.5. The average molecular weight is 325 g/mol. The van der Waals surface area contributed by atoms with Crippen molar-refractivity contribution < 1.29 is 9.22 Å². The van der Waals surface area contributed by atoms with Crippen LogP contribution in [-0.4, -0.2) is 14.1 Å². The highest BCUT2D eigenvalue weighted by Gasteiger charge is 2.47. The van der Waals surface area contributed by atoms with Gasteiger partial charge in [0.15, 0.2) is 0 Å². The third-order valence-corrected chi connectivity index (χ3v) is 11.5. The third-order valence-electron chi connectivity index (χ3n) is 5.52. The number of hydrogen-bond donors (Lipinski definition) is 0. The number of rotatable bonds is 7. The first-order chi connectivity index (χ1) is 10.1. The lowest BCUT2D eigenvalue weighted by atomic mass is 9.82. The van der Waals surface area contributed by atoms with Crippen molar-refractivity contribution in [3.05, 3.63) is 11.8 Å². The van der Waals surface area contributed by atoms with Gasteiger partial charge in [-0.15, -0.1) is 0 Å².